The first-order valence-electron chi connectivity index (χ1n) is 7.97. The Labute approximate surface area is 124 Å². The maximum absolute atomic E-state index is 11.4. The first-order valence-corrected chi connectivity index (χ1v) is 10.9. The van der Waals surface area contributed by atoms with Crippen molar-refractivity contribution in [3.63, 3.8) is 0 Å². The van der Waals surface area contributed by atoms with E-state index in [1.54, 1.807) is 0 Å². The number of carbonyl (C=O) groups is 1. The molecule has 0 aromatic rings. The molecule has 1 saturated heterocycles. The highest BCUT2D eigenvalue weighted by Gasteiger charge is 2.44. The minimum Gasteiger partial charge on any atom is -0.462 e. The highest BCUT2D eigenvalue weighted by molar-refractivity contribution is 6.74. The second-order valence-electron chi connectivity index (χ2n) is 8.20. The van der Waals surface area contributed by atoms with Crippen LogP contribution in [0, 0.1) is 11.8 Å². The molecule has 3 nitrogen and oxygen atoms in total. The molecule has 1 heterocycles. The second-order valence-corrected chi connectivity index (χ2v) is 13.0. The highest BCUT2D eigenvalue weighted by atomic mass is 28.4. The number of hydrogen-bond acceptors (Lipinski definition) is 3. The van der Waals surface area contributed by atoms with E-state index in [0.29, 0.717) is 24.4 Å². The molecule has 4 heteroatoms. The average Bonchev–Trinajstić information content (AvgIpc) is 2.56. The Morgan fingerprint density at radius 1 is 1.25 bits per heavy atom. The van der Waals surface area contributed by atoms with E-state index >= 15 is 0 Å². The summed E-state index contributed by atoms with van der Waals surface area (Å²) in [6, 6.07) is 0. The average molecular weight is 298 g/mol. The van der Waals surface area contributed by atoms with Crippen molar-refractivity contribution in [1.29, 1.82) is 0 Å². The van der Waals surface area contributed by atoms with Crippen molar-refractivity contribution in [1.82, 2.24) is 0 Å². The summed E-state index contributed by atoms with van der Waals surface area (Å²) in [5.41, 5.74) is 0. The Morgan fingerprint density at radius 2 is 1.90 bits per heavy atom. The lowest BCUT2D eigenvalue weighted by Crippen LogP contribution is -2.45. The highest BCUT2D eigenvalue weighted by Crippen LogP contribution is 2.42. The molecular weight excluding hydrogens is 268 g/mol. The van der Waals surface area contributed by atoms with Crippen LogP contribution in [0.1, 0.15) is 53.4 Å². The molecule has 0 unspecified atom stereocenters. The normalized spacial score (nSPS) is 35.4. The molecule has 0 aromatic heterocycles. The van der Waals surface area contributed by atoms with Crippen molar-refractivity contribution in [2.24, 2.45) is 11.8 Å². The van der Waals surface area contributed by atoms with E-state index in [-0.39, 0.29) is 17.1 Å². The SMILES string of the molecule is C[C@@H]1C[C@@H]2OC(=O)C[C@@H]2CC[C@H]1O[Si](C)(C)C(C)(C)C. The summed E-state index contributed by atoms with van der Waals surface area (Å²) in [4.78, 5) is 11.4. The maximum atomic E-state index is 11.4. The van der Waals surface area contributed by atoms with E-state index < -0.39 is 8.32 Å². The predicted molar refractivity (Wildman–Crippen MR) is 83.1 cm³/mol. The quantitative estimate of drug-likeness (QED) is 0.568. The fourth-order valence-electron chi connectivity index (χ4n) is 3.10. The van der Waals surface area contributed by atoms with Crippen LogP contribution in [-0.2, 0) is 14.0 Å². The fraction of sp³-hybridized carbons (Fsp3) is 0.938. The van der Waals surface area contributed by atoms with Crippen LogP contribution in [0.15, 0.2) is 0 Å². The summed E-state index contributed by atoms with van der Waals surface area (Å²) < 4.78 is 12.1. The molecular formula is C16H30O3Si. The van der Waals surface area contributed by atoms with Gasteiger partial charge in [-0.3, -0.25) is 4.79 Å². The van der Waals surface area contributed by atoms with Crippen molar-refractivity contribution in [2.75, 3.05) is 0 Å². The Morgan fingerprint density at radius 3 is 2.50 bits per heavy atom. The molecule has 0 amide bonds. The number of fused-ring (bicyclic) bond motifs is 1. The molecule has 0 spiro atoms. The molecule has 2 aliphatic rings. The van der Waals surface area contributed by atoms with Crippen molar-refractivity contribution >= 4 is 14.3 Å². The molecule has 2 fully saturated rings. The summed E-state index contributed by atoms with van der Waals surface area (Å²) in [5.74, 6) is 0.902. The van der Waals surface area contributed by atoms with Crippen LogP contribution in [0.25, 0.3) is 0 Å². The zero-order valence-corrected chi connectivity index (χ0v) is 14.9. The first-order chi connectivity index (χ1) is 9.10. The van der Waals surface area contributed by atoms with Gasteiger partial charge in [-0.1, -0.05) is 27.7 Å². The second kappa shape index (κ2) is 5.45. The predicted octanol–water partition coefficient (Wildman–Crippen LogP) is 4.13. The van der Waals surface area contributed by atoms with Crippen molar-refractivity contribution < 1.29 is 14.0 Å². The van der Waals surface area contributed by atoms with Gasteiger partial charge in [0, 0.05) is 12.0 Å². The van der Waals surface area contributed by atoms with Gasteiger partial charge in [0.25, 0.3) is 0 Å². The molecule has 1 aliphatic heterocycles. The fourth-order valence-corrected chi connectivity index (χ4v) is 4.56. The third-order valence-electron chi connectivity index (χ3n) is 5.55. The monoisotopic (exact) mass is 298 g/mol. The Bertz CT molecular complexity index is 372. The summed E-state index contributed by atoms with van der Waals surface area (Å²) in [6.07, 6.45) is 4.21. The van der Waals surface area contributed by atoms with Gasteiger partial charge < -0.3 is 9.16 Å². The van der Waals surface area contributed by atoms with E-state index in [2.05, 4.69) is 40.8 Å². The van der Waals surface area contributed by atoms with Crippen LogP contribution < -0.4 is 0 Å². The summed E-state index contributed by atoms with van der Waals surface area (Å²) in [7, 11) is -1.71. The van der Waals surface area contributed by atoms with Gasteiger partial charge in [0.1, 0.15) is 6.10 Å². The smallest absolute Gasteiger partial charge is 0.306 e. The van der Waals surface area contributed by atoms with Crippen LogP contribution >= 0.6 is 0 Å². The van der Waals surface area contributed by atoms with Crippen LogP contribution in [0.3, 0.4) is 0 Å². The molecule has 0 radical (unpaired) electrons. The van der Waals surface area contributed by atoms with E-state index in [1.165, 1.54) is 0 Å². The van der Waals surface area contributed by atoms with Gasteiger partial charge in [0.2, 0.25) is 0 Å². The van der Waals surface area contributed by atoms with Crippen LogP contribution in [0.5, 0.6) is 0 Å². The molecule has 0 bridgehead atoms. The summed E-state index contributed by atoms with van der Waals surface area (Å²) in [6.45, 7) is 13.8. The van der Waals surface area contributed by atoms with E-state index in [0.717, 1.165) is 19.3 Å². The minimum atomic E-state index is -1.71. The summed E-state index contributed by atoms with van der Waals surface area (Å²) >= 11 is 0. The number of rotatable bonds is 2. The molecule has 4 atom stereocenters. The van der Waals surface area contributed by atoms with Crippen LogP contribution in [0.4, 0.5) is 0 Å². The van der Waals surface area contributed by atoms with Gasteiger partial charge in [0.15, 0.2) is 8.32 Å². The van der Waals surface area contributed by atoms with Crippen molar-refractivity contribution in [3.05, 3.63) is 0 Å². The molecule has 2 rings (SSSR count). The molecule has 0 N–H and O–H groups in total. The topological polar surface area (TPSA) is 35.5 Å². The summed E-state index contributed by atoms with van der Waals surface area (Å²) in [5, 5.41) is 0.251. The Balaban J connectivity index is 2.02. The van der Waals surface area contributed by atoms with E-state index in [9.17, 15) is 4.79 Å². The van der Waals surface area contributed by atoms with Gasteiger partial charge in [-0.15, -0.1) is 0 Å². The lowest BCUT2D eigenvalue weighted by atomic mass is 9.95. The third-order valence-corrected chi connectivity index (χ3v) is 10.1. The maximum Gasteiger partial charge on any atom is 0.306 e. The first kappa shape index (κ1) is 16.0. The Kier molecular flexibility index (Phi) is 4.37. The molecule has 20 heavy (non-hydrogen) atoms. The van der Waals surface area contributed by atoms with Gasteiger partial charge in [-0.2, -0.15) is 0 Å². The lowest BCUT2D eigenvalue weighted by Gasteiger charge is -2.40. The molecule has 1 saturated carbocycles. The minimum absolute atomic E-state index is 0.00374. The lowest BCUT2D eigenvalue weighted by molar-refractivity contribution is -0.142. The van der Waals surface area contributed by atoms with Crippen LogP contribution in [-0.4, -0.2) is 26.5 Å². The van der Waals surface area contributed by atoms with E-state index in [4.69, 9.17) is 9.16 Å². The largest absolute Gasteiger partial charge is 0.462 e. The van der Waals surface area contributed by atoms with Crippen molar-refractivity contribution in [2.45, 2.75) is 83.7 Å². The molecule has 116 valence electrons. The Hall–Kier alpha value is -0.353. The zero-order valence-electron chi connectivity index (χ0n) is 13.9. The van der Waals surface area contributed by atoms with E-state index in [1.807, 2.05) is 0 Å². The van der Waals surface area contributed by atoms with Gasteiger partial charge >= 0.3 is 5.97 Å². The standard InChI is InChI=1S/C16H30O3Si/c1-11-9-14-12(10-15(17)18-14)7-8-13(11)19-20(5,6)16(2,3)4/h11-14H,7-10H2,1-6H3/t11-,12+,13-,14+/m1/s1. The third kappa shape index (κ3) is 3.27. The van der Waals surface area contributed by atoms with Gasteiger partial charge in [-0.25, -0.2) is 0 Å². The molecule has 1 aliphatic carbocycles. The van der Waals surface area contributed by atoms with Crippen LogP contribution in [0.2, 0.25) is 18.1 Å². The zero-order chi connectivity index (χ0) is 15.1. The van der Waals surface area contributed by atoms with Gasteiger partial charge in [-0.05, 0) is 43.3 Å². The van der Waals surface area contributed by atoms with Crippen molar-refractivity contribution in [3.8, 4) is 0 Å². The number of ether oxygens (including phenoxy) is 1. The van der Waals surface area contributed by atoms with Gasteiger partial charge in [0.05, 0.1) is 6.42 Å². The number of carbonyl (C=O) groups excluding carboxylic acids is 1. The molecule has 0 aromatic carbocycles. The number of esters is 1. The number of hydrogen-bond donors (Lipinski definition) is 0.